The Kier molecular flexibility index (Phi) is 16.1. The number of hydrogen-bond acceptors (Lipinski definition) is 1. The second-order valence-electron chi connectivity index (χ2n) is 8.18. The Morgan fingerprint density at radius 2 is 1.04 bits per heavy atom. The van der Waals surface area contributed by atoms with Gasteiger partial charge < -0.3 is 0 Å². The Labute approximate surface area is 179 Å². The van der Waals surface area contributed by atoms with Gasteiger partial charge in [-0.1, -0.05) is 0 Å². The molecule has 0 aliphatic carbocycles. The van der Waals surface area contributed by atoms with Crippen molar-refractivity contribution in [3.05, 3.63) is 30.3 Å². The molecule has 0 N–H and O–H groups in total. The van der Waals surface area contributed by atoms with Gasteiger partial charge in [0.1, 0.15) is 0 Å². The van der Waals surface area contributed by atoms with Gasteiger partial charge in [-0.2, -0.15) is 0 Å². The van der Waals surface area contributed by atoms with Gasteiger partial charge in [0, 0.05) is 0 Å². The van der Waals surface area contributed by atoms with Gasteiger partial charge in [-0.05, 0) is 0 Å². The Morgan fingerprint density at radius 3 is 1.44 bits per heavy atom. The summed E-state index contributed by atoms with van der Waals surface area (Å²) in [5.74, 6) is 0. The topological polar surface area (TPSA) is 0 Å². The SMILES string of the molecule is CCCCCCCCC[PH](CCCCCCCCC)(SCl)c1ccccc1. The first-order chi connectivity index (χ1) is 13.3. The normalized spacial score (nSPS) is 12.4. The average Bonchev–Trinajstić information content (AvgIpc) is 2.71. The summed E-state index contributed by atoms with van der Waals surface area (Å²) in [6.45, 7) is 2.97. The van der Waals surface area contributed by atoms with Gasteiger partial charge in [-0.25, -0.2) is 0 Å². The standard InChI is InChI=1S/C24H44ClPS/c1-3-5-7-9-11-13-18-22-26(27-25,24-20-16-15-17-21-24)23-19-14-12-10-8-6-4-2/h15-17,20-21,26H,3-14,18-19,22-23H2,1-2H3. The monoisotopic (exact) mass is 430 g/mol. The van der Waals surface area contributed by atoms with E-state index in [4.69, 9.17) is 10.7 Å². The van der Waals surface area contributed by atoms with Gasteiger partial charge in [0.05, 0.1) is 0 Å². The fourth-order valence-electron chi connectivity index (χ4n) is 4.01. The van der Waals surface area contributed by atoms with E-state index in [0.29, 0.717) is 0 Å². The first-order valence-corrected chi connectivity index (χ1v) is 16.4. The van der Waals surface area contributed by atoms with Crippen molar-refractivity contribution in [2.24, 2.45) is 0 Å². The summed E-state index contributed by atoms with van der Waals surface area (Å²) in [6, 6.07) is 11.3. The number of benzene rings is 1. The molecule has 0 atom stereocenters. The van der Waals surface area contributed by atoms with E-state index in [1.165, 1.54) is 102 Å². The summed E-state index contributed by atoms with van der Waals surface area (Å²) in [4.78, 5) is 0. The number of hydrogen-bond donors (Lipinski definition) is 0. The predicted octanol–water partition coefficient (Wildman–Crippen LogP) is 9.37. The molecule has 0 amide bonds. The molecule has 0 saturated heterocycles. The fraction of sp³-hybridized carbons (Fsp3) is 0.750. The van der Waals surface area contributed by atoms with Crippen LogP contribution < -0.4 is 5.30 Å². The molecule has 0 unspecified atom stereocenters. The van der Waals surface area contributed by atoms with Gasteiger partial charge >= 0.3 is 179 Å². The van der Waals surface area contributed by atoms with Crippen LogP contribution in [0.2, 0.25) is 0 Å². The van der Waals surface area contributed by atoms with E-state index in [0.717, 1.165) is 0 Å². The zero-order valence-corrected chi connectivity index (χ0v) is 20.6. The zero-order chi connectivity index (χ0) is 19.6. The van der Waals surface area contributed by atoms with Gasteiger partial charge in [-0.15, -0.1) is 0 Å². The molecule has 0 aliphatic rings. The van der Waals surface area contributed by atoms with Crippen LogP contribution in [0.5, 0.6) is 0 Å². The van der Waals surface area contributed by atoms with Crippen LogP contribution >= 0.6 is 27.7 Å². The van der Waals surface area contributed by atoms with E-state index in [1.807, 2.05) is 0 Å². The number of halogens is 1. The summed E-state index contributed by atoms with van der Waals surface area (Å²) in [5.41, 5.74) is 0. The molecule has 0 fully saturated rings. The summed E-state index contributed by atoms with van der Waals surface area (Å²) in [7, 11) is 8.33. The third-order valence-electron chi connectivity index (χ3n) is 5.82. The molecule has 158 valence electrons. The molecule has 3 heteroatoms. The molecule has 0 nitrogen and oxygen atoms in total. The van der Waals surface area contributed by atoms with Crippen molar-refractivity contribution < 1.29 is 0 Å². The Balaban J connectivity index is 2.46. The first kappa shape index (κ1) is 25.3. The van der Waals surface area contributed by atoms with Crippen LogP contribution in [-0.2, 0) is 0 Å². The molecule has 0 aliphatic heterocycles. The molecule has 1 rings (SSSR count). The molecular formula is C24H44ClPS. The van der Waals surface area contributed by atoms with Crippen molar-refractivity contribution in [2.45, 2.75) is 104 Å². The van der Waals surface area contributed by atoms with Crippen molar-refractivity contribution in [1.29, 1.82) is 0 Å². The molecule has 1 aromatic carbocycles. The molecule has 0 radical (unpaired) electrons. The van der Waals surface area contributed by atoms with E-state index < -0.39 is 6.46 Å². The Hall–Kier alpha value is 0.290. The maximum absolute atomic E-state index is 6.60. The van der Waals surface area contributed by atoms with Crippen LogP contribution in [0.3, 0.4) is 0 Å². The van der Waals surface area contributed by atoms with Crippen LogP contribution in [-0.4, -0.2) is 12.3 Å². The van der Waals surface area contributed by atoms with Crippen LogP contribution in [0, 0.1) is 0 Å². The van der Waals surface area contributed by atoms with E-state index in [9.17, 15) is 0 Å². The first-order valence-electron chi connectivity index (χ1n) is 11.6. The number of unbranched alkanes of at least 4 members (excludes halogenated alkanes) is 12. The average molecular weight is 431 g/mol. The predicted molar refractivity (Wildman–Crippen MR) is 134 cm³/mol. The Bertz CT molecular complexity index is 419. The fourth-order valence-corrected chi connectivity index (χ4v) is 11.7. The van der Waals surface area contributed by atoms with Gasteiger partial charge in [-0.3, -0.25) is 0 Å². The van der Waals surface area contributed by atoms with Crippen molar-refractivity contribution >= 4 is 33.0 Å². The Morgan fingerprint density at radius 1 is 0.630 bits per heavy atom. The van der Waals surface area contributed by atoms with Crippen LogP contribution in [0.1, 0.15) is 104 Å². The molecule has 0 aromatic heterocycles. The third-order valence-corrected chi connectivity index (χ3v) is 15.3. The molecular weight excluding hydrogens is 387 g/mol. The van der Waals surface area contributed by atoms with Gasteiger partial charge in [0.15, 0.2) is 0 Å². The maximum atomic E-state index is 6.60. The summed E-state index contributed by atoms with van der Waals surface area (Å²) < 4.78 is 0. The molecule has 0 saturated carbocycles. The summed E-state index contributed by atoms with van der Waals surface area (Å²) >= 11 is 0. The van der Waals surface area contributed by atoms with E-state index in [2.05, 4.69) is 44.2 Å². The third kappa shape index (κ3) is 11.2. The van der Waals surface area contributed by atoms with E-state index >= 15 is 0 Å². The quantitative estimate of drug-likeness (QED) is 0.165. The van der Waals surface area contributed by atoms with Crippen molar-refractivity contribution in [2.75, 3.05) is 12.3 Å². The van der Waals surface area contributed by atoms with Crippen LogP contribution in [0.25, 0.3) is 0 Å². The molecule has 27 heavy (non-hydrogen) atoms. The van der Waals surface area contributed by atoms with Crippen molar-refractivity contribution in [3.63, 3.8) is 0 Å². The van der Waals surface area contributed by atoms with E-state index in [-0.39, 0.29) is 0 Å². The van der Waals surface area contributed by atoms with Crippen LogP contribution in [0.15, 0.2) is 30.3 Å². The van der Waals surface area contributed by atoms with E-state index in [1.54, 1.807) is 15.9 Å². The minimum atomic E-state index is -1.61. The van der Waals surface area contributed by atoms with Gasteiger partial charge in [0.2, 0.25) is 0 Å². The molecule has 0 heterocycles. The second kappa shape index (κ2) is 17.2. The molecule has 0 spiro atoms. The second-order valence-corrected chi connectivity index (χ2v) is 16.1. The summed E-state index contributed by atoms with van der Waals surface area (Å²) in [5, 5.41) is 1.57. The van der Waals surface area contributed by atoms with Gasteiger partial charge in [0.25, 0.3) is 0 Å². The van der Waals surface area contributed by atoms with Crippen molar-refractivity contribution in [3.8, 4) is 0 Å². The molecule has 1 aromatic rings. The zero-order valence-electron chi connectivity index (χ0n) is 18.0. The number of rotatable bonds is 18. The summed E-state index contributed by atoms with van der Waals surface area (Å²) in [6.07, 6.45) is 22.2. The van der Waals surface area contributed by atoms with Crippen molar-refractivity contribution in [1.82, 2.24) is 0 Å². The van der Waals surface area contributed by atoms with Crippen LogP contribution in [0.4, 0.5) is 0 Å². The molecule has 0 bridgehead atoms. The minimum absolute atomic E-state index is 1.34.